The molecular formula is C24H35NO4. The van der Waals surface area contributed by atoms with Gasteiger partial charge in [-0.2, -0.15) is 0 Å². The summed E-state index contributed by atoms with van der Waals surface area (Å²) in [7, 11) is 1.60. The van der Waals surface area contributed by atoms with Crippen LogP contribution in [0.4, 0.5) is 0 Å². The van der Waals surface area contributed by atoms with Crippen molar-refractivity contribution in [3.63, 3.8) is 0 Å². The van der Waals surface area contributed by atoms with Gasteiger partial charge in [-0.25, -0.2) is 0 Å². The summed E-state index contributed by atoms with van der Waals surface area (Å²) in [5, 5.41) is 3.81. The van der Waals surface area contributed by atoms with E-state index in [2.05, 4.69) is 26.1 Å². The third kappa shape index (κ3) is 5.40. The number of carbonyl (C=O) groups excluding carboxylic acids is 2. The van der Waals surface area contributed by atoms with Crippen LogP contribution in [0.5, 0.6) is 5.75 Å². The van der Waals surface area contributed by atoms with E-state index in [4.69, 9.17) is 9.15 Å². The van der Waals surface area contributed by atoms with Crippen molar-refractivity contribution >= 4 is 22.7 Å². The third-order valence-corrected chi connectivity index (χ3v) is 5.07. The summed E-state index contributed by atoms with van der Waals surface area (Å²) in [5.74, 6) is 0.286. The predicted octanol–water partition coefficient (Wildman–Crippen LogP) is 5.72. The first-order valence-electron chi connectivity index (χ1n) is 10.3. The fourth-order valence-electron chi connectivity index (χ4n) is 3.28. The third-order valence-electron chi connectivity index (χ3n) is 5.07. The lowest BCUT2D eigenvalue weighted by Gasteiger charge is -2.21. The Morgan fingerprint density at radius 2 is 1.79 bits per heavy atom. The van der Waals surface area contributed by atoms with E-state index in [1.807, 2.05) is 33.8 Å². The second-order valence-electron chi connectivity index (χ2n) is 9.85. The quantitative estimate of drug-likeness (QED) is 0.603. The van der Waals surface area contributed by atoms with Gasteiger partial charge in [-0.05, 0) is 36.5 Å². The number of carbonyl (C=O) groups is 2. The molecule has 1 heterocycles. The fraction of sp³-hybridized carbons (Fsp3) is 0.583. The molecule has 0 saturated carbocycles. The predicted molar refractivity (Wildman–Crippen MR) is 117 cm³/mol. The molecule has 0 spiro atoms. The topological polar surface area (TPSA) is 68.5 Å². The van der Waals surface area contributed by atoms with Gasteiger partial charge in [0.05, 0.1) is 13.0 Å². The molecule has 160 valence electrons. The van der Waals surface area contributed by atoms with Crippen LogP contribution in [0.25, 0.3) is 11.0 Å². The van der Waals surface area contributed by atoms with E-state index in [9.17, 15) is 9.59 Å². The molecule has 1 amide bonds. The highest BCUT2D eigenvalue weighted by Crippen LogP contribution is 2.38. The zero-order valence-electron chi connectivity index (χ0n) is 19.1. The minimum absolute atomic E-state index is 0.0785. The number of hydrogen-bond donors (Lipinski definition) is 1. The smallest absolute Gasteiger partial charge is 0.227 e. The van der Waals surface area contributed by atoms with Gasteiger partial charge in [-0.1, -0.05) is 48.5 Å². The highest BCUT2D eigenvalue weighted by molar-refractivity contribution is 6.05. The van der Waals surface area contributed by atoms with Crippen LogP contribution in [-0.4, -0.2) is 25.3 Å². The first kappa shape index (κ1) is 23.0. The van der Waals surface area contributed by atoms with E-state index in [1.54, 1.807) is 19.2 Å². The summed E-state index contributed by atoms with van der Waals surface area (Å²) in [5.41, 5.74) is 0.773. The van der Waals surface area contributed by atoms with Crippen molar-refractivity contribution in [2.45, 2.75) is 67.2 Å². The van der Waals surface area contributed by atoms with E-state index in [0.29, 0.717) is 29.9 Å². The van der Waals surface area contributed by atoms with E-state index in [1.165, 1.54) is 0 Å². The molecule has 0 fully saturated rings. The van der Waals surface area contributed by atoms with E-state index < -0.39 is 11.3 Å². The Morgan fingerprint density at radius 3 is 2.31 bits per heavy atom. The number of ether oxygens (including phenoxy) is 1. The Kier molecular flexibility index (Phi) is 6.82. The minimum atomic E-state index is -0.617. The number of methoxy groups -OCH3 is 1. The molecule has 0 aliphatic rings. The Morgan fingerprint density at radius 1 is 1.14 bits per heavy atom. The van der Waals surface area contributed by atoms with Crippen LogP contribution < -0.4 is 10.1 Å². The number of amides is 1. The van der Waals surface area contributed by atoms with E-state index in [0.717, 1.165) is 11.8 Å². The van der Waals surface area contributed by atoms with Crippen LogP contribution in [0.15, 0.2) is 22.6 Å². The molecular weight excluding hydrogens is 366 g/mol. The second-order valence-corrected chi connectivity index (χ2v) is 9.85. The average molecular weight is 402 g/mol. The van der Waals surface area contributed by atoms with Gasteiger partial charge in [0, 0.05) is 22.9 Å². The number of nitrogens with one attached hydrogen (secondary N) is 1. The van der Waals surface area contributed by atoms with E-state index >= 15 is 0 Å². The van der Waals surface area contributed by atoms with Gasteiger partial charge in [0.1, 0.15) is 11.3 Å². The zero-order valence-corrected chi connectivity index (χ0v) is 19.1. The largest absolute Gasteiger partial charge is 0.497 e. The molecule has 29 heavy (non-hydrogen) atoms. The SMILES string of the molecule is CCC(C(=O)NCCC(C)(C)C)c1c(C(=O)C(C)(C)C)oc2ccc(OC)cc12. The summed E-state index contributed by atoms with van der Waals surface area (Å²) >= 11 is 0. The normalized spacial score (nSPS) is 13.4. The summed E-state index contributed by atoms with van der Waals surface area (Å²) in [6.45, 7) is 14.6. The maximum Gasteiger partial charge on any atom is 0.227 e. The Bertz CT molecular complexity index is 881. The summed E-state index contributed by atoms with van der Waals surface area (Å²) < 4.78 is 11.4. The maximum atomic E-state index is 13.1. The van der Waals surface area contributed by atoms with Crippen LogP contribution in [0.1, 0.15) is 83.3 Å². The lowest BCUT2D eigenvalue weighted by molar-refractivity contribution is -0.122. The molecule has 1 aromatic carbocycles. The molecule has 1 aromatic heterocycles. The Balaban J connectivity index is 2.53. The first-order valence-corrected chi connectivity index (χ1v) is 10.3. The van der Waals surface area contributed by atoms with E-state index in [-0.39, 0.29) is 22.9 Å². The van der Waals surface area contributed by atoms with Crippen LogP contribution in [0, 0.1) is 10.8 Å². The number of hydrogen-bond acceptors (Lipinski definition) is 4. The number of benzene rings is 1. The lowest BCUT2D eigenvalue weighted by atomic mass is 9.84. The fourth-order valence-corrected chi connectivity index (χ4v) is 3.28. The minimum Gasteiger partial charge on any atom is -0.497 e. The number of furan rings is 1. The molecule has 0 aliphatic carbocycles. The van der Waals surface area contributed by atoms with Crippen LogP contribution in [0.2, 0.25) is 0 Å². The van der Waals surface area contributed by atoms with Crippen molar-refractivity contribution in [2.24, 2.45) is 10.8 Å². The Labute approximate surface area is 174 Å². The monoisotopic (exact) mass is 401 g/mol. The van der Waals surface area contributed by atoms with Gasteiger partial charge < -0.3 is 14.5 Å². The van der Waals surface area contributed by atoms with Crippen LogP contribution in [-0.2, 0) is 4.79 Å². The molecule has 2 rings (SSSR count). The number of Topliss-reactive ketones (excluding diaryl/α,β-unsaturated/α-hetero) is 1. The van der Waals surface area contributed by atoms with Crippen LogP contribution in [0.3, 0.4) is 0 Å². The molecule has 2 aromatic rings. The van der Waals surface area contributed by atoms with Gasteiger partial charge in [-0.3, -0.25) is 9.59 Å². The average Bonchev–Trinajstić information content (AvgIpc) is 2.98. The number of rotatable bonds is 7. The molecule has 1 N–H and O–H groups in total. The maximum absolute atomic E-state index is 13.1. The molecule has 0 aliphatic heterocycles. The van der Waals surface area contributed by atoms with Crippen molar-refractivity contribution in [2.75, 3.05) is 13.7 Å². The molecule has 0 bridgehead atoms. The second kappa shape index (κ2) is 8.60. The molecule has 0 radical (unpaired) electrons. The van der Waals surface area contributed by atoms with Crippen molar-refractivity contribution in [3.8, 4) is 5.75 Å². The van der Waals surface area contributed by atoms with Gasteiger partial charge >= 0.3 is 0 Å². The van der Waals surface area contributed by atoms with Crippen molar-refractivity contribution in [3.05, 3.63) is 29.5 Å². The highest BCUT2D eigenvalue weighted by atomic mass is 16.5. The van der Waals surface area contributed by atoms with Crippen LogP contribution >= 0.6 is 0 Å². The van der Waals surface area contributed by atoms with Gasteiger partial charge in [0.25, 0.3) is 0 Å². The number of ketones is 1. The lowest BCUT2D eigenvalue weighted by Crippen LogP contribution is -2.32. The van der Waals surface area contributed by atoms with Gasteiger partial charge in [0.15, 0.2) is 5.76 Å². The van der Waals surface area contributed by atoms with Gasteiger partial charge in [0.2, 0.25) is 11.7 Å². The molecule has 1 unspecified atom stereocenters. The van der Waals surface area contributed by atoms with Crippen molar-refractivity contribution < 1.29 is 18.7 Å². The highest BCUT2D eigenvalue weighted by Gasteiger charge is 2.35. The van der Waals surface area contributed by atoms with Gasteiger partial charge in [-0.15, -0.1) is 0 Å². The number of fused-ring (bicyclic) bond motifs is 1. The standard InChI is InChI=1S/C24H35NO4/c1-9-16(22(27)25-13-12-23(2,3)4)19-17-14-15(28-8)10-11-18(17)29-20(19)21(26)24(5,6)7/h10-11,14,16H,9,12-13H2,1-8H3,(H,25,27). The first-order chi connectivity index (χ1) is 13.4. The molecule has 1 atom stereocenters. The van der Waals surface area contributed by atoms with Crippen molar-refractivity contribution in [1.29, 1.82) is 0 Å². The zero-order chi connectivity index (χ0) is 22.0. The summed E-state index contributed by atoms with van der Waals surface area (Å²) in [6.07, 6.45) is 1.44. The molecule has 5 heteroatoms. The summed E-state index contributed by atoms with van der Waals surface area (Å²) in [6, 6.07) is 5.44. The van der Waals surface area contributed by atoms with Crippen molar-refractivity contribution in [1.82, 2.24) is 5.32 Å². The molecule has 5 nitrogen and oxygen atoms in total. The Hall–Kier alpha value is -2.30. The molecule has 0 saturated heterocycles. The summed E-state index contributed by atoms with van der Waals surface area (Å²) in [4.78, 5) is 26.2.